The average molecular weight is 185 g/mol. The quantitative estimate of drug-likeness (QED) is 0.617. The van der Waals surface area contributed by atoms with Crippen LogP contribution in [0.25, 0.3) is 0 Å². The van der Waals surface area contributed by atoms with Crippen LogP contribution in [-0.4, -0.2) is 39.8 Å². The molecule has 0 radical (unpaired) electrons. The van der Waals surface area contributed by atoms with E-state index in [0.29, 0.717) is 18.9 Å². The third kappa shape index (κ3) is 2.69. The highest BCUT2D eigenvalue weighted by atomic mass is 16.5. The first-order chi connectivity index (χ1) is 6.24. The van der Waals surface area contributed by atoms with Gasteiger partial charge in [-0.3, -0.25) is 4.79 Å². The van der Waals surface area contributed by atoms with Gasteiger partial charge in [0.15, 0.2) is 0 Å². The van der Waals surface area contributed by atoms with E-state index in [1.54, 1.807) is 7.05 Å². The Morgan fingerprint density at radius 2 is 2.46 bits per heavy atom. The molecule has 0 aliphatic carbocycles. The number of rotatable bonds is 4. The van der Waals surface area contributed by atoms with E-state index >= 15 is 0 Å². The number of hydrogen-bond acceptors (Lipinski definition) is 6. The molecule has 0 spiro atoms. The van der Waals surface area contributed by atoms with Crippen LogP contribution < -0.4 is 5.32 Å². The number of carbonyl (C=O) groups excluding carboxylic acids is 1. The van der Waals surface area contributed by atoms with E-state index in [4.69, 9.17) is 0 Å². The van der Waals surface area contributed by atoms with Gasteiger partial charge in [-0.2, -0.15) is 0 Å². The van der Waals surface area contributed by atoms with Crippen LogP contribution in [-0.2, 0) is 16.6 Å². The van der Waals surface area contributed by atoms with Crippen molar-refractivity contribution in [2.45, 2.75) is 6.42 Å². The molecule has 1 aromatic heterocycles. The van der Waals surface area contributed by atoms with E-state index in [9.17, 15) is 4.79 Å². The summed E-state index contributed by atoms with van der Waals surface area (Å²) in [7, 11) is 3.06. The van der Waals surface area contributed by atoms with Gasteiger partial charge in [-0.05, 0) is 10.4 Å². The second-order valence-corrected chi connectivity index (χ2v) is 2.38. The van der Waals surface area contributed by atoms with Crippen molar-refractivity contribution in [3.05, 3.63) is 0 Å². The summed E-state index contributed by atoms with van der Waals surface area (Å²) in [5.74, 6) is 0.270. The molecular weight excluding hydrogens is 174 g/mol. The minimum absolute atomic E-state index is 0.261. The van der Waals surface area contributed by atoms with Crippen LogP contribution in [0.5, 0.6) is 0 Å². The van der Waals surface area contributed by atoms with Crippen LogP contribution in [0.1, 0.15) is 6.42 Å². The van der Waals surface area contributed by atoms with Gasteiger partial charge in [-0.15, -0.1) is 0 Å². The molecule has 0 aliphatic heterocycles. The number of ether oxygens (including phenoxy) is 1. The fourth-order valence-corrected chi connectivity index (χ4v) is 0.758. The van der Waals surface area contributed by atoms with Gasteiger partial charge in [0.2, 0.25) is 5.95 Å². The zero-order chi connectivity index (χ0) is 9.68. The first-order valence-electron chi connectivity index (χ1n) is 3.77. The SMILES string of the molecule is COC(=O)CCNc1nnnn1C. The van der Waals surface area contributed by atoms with E-state index < -0.39 is 0 Å². The number of tetrazole rings is 1. The van der Waals surface area contributed by atoms with Crippen molar-refractivity contribution in [3.63, 3.8) is 0 Å². The number of hydrogen-bond donors (Lipinski definition) is 1. The summed E-state index contributed by atoms with van der Waals surface area (Å²) >= 11 is 0. The Morgan fingerprint density at radius 3 is 3.00 bits per heavy atom. The first-order valence-corrected chi connectivity index (χ1v) is 3.77. The van der Waals surface area contributed by atoms with Crippen LogP contribution in [0.15, 0.2) is 0 Å². The van der Waals surface area contributed by atoms with Crippen molar-refractivity contribution in [1.29, 1.82) is 0 Å². The zero-order valence-corrected chi connectivity index (χ0v) is 7.52. The first kappa shape index (κ1) is 9.43. The molecule has 0 aliphatic rings. The molecule has 7 heteroatoms. The molecule has 0 unspecified atom stereocenters. The summed E-state index contributed by atoms with van der Waals surface area (Å²) in [5, 5.41) is 13.6. The van der Waals surface area contributed by atoms with Crippen molar-refractivity contribution in [1.82, 2.24) is 20.2 Å². The van der Waals surface area contributed by atoms with Gasteiger partial charge in [-0.25, -0.2) is 4.68 Å². The lowest BCUT2D eigenvalue weighted by Crippen LogP contribution is -2.12. The van der Waals surface area contributed by atoms with Crippen molar-refractivity contribution >= 4 is 11.9 Å². The van der Waals surface area contributed by atoms with E-state index in [2.05, 4.69) is 25.6 Å². The maximum absolute atomic E-state index is 10.7. The number of aromatic nitrogens is 4. The summed E-state index contributed by atoms with van der Waals surface area (Å²) in [6, 6.07) is 0. The van der Waals surface area contributed by atoms with Crippen LogP contribution in [0.3, 0.4) is 0 Å². The fourth-order valence-electron chi connectivity index (χ4n) is 0.758. The maximum atomic E-state index is 10.7. The molecule has 0 saturated heterocycles. The highest BCUT2D eigenvalue weighted by Gasteiger charge is 2.02. The molecule has 7 nitrogen and oxygen atoms in total. The second-order valence-electron chi connectivity index (χ2n) is 2.38. The molecule has 72 valence electrons. The normalized spacial score (nSPS) is 9.69. The third-order valence-electron chi connectivity index (χ3n) is 1.46. The minimum Gasteiger partial charge on any atom is -0.469 e. The molecule has 0 atom stereocenters. The number of esters is 1. The highest BCUT2D eigenvalue weighted by Crippen LogP contribution is 1.95. The molecule has 0 bridgehead atoms. The molecule has 1 N–H and O–H groups in total. The lowest BCUT2D eigenvalue weighted by Gasteiger charge is -2.01. The van der Waals surface area contributed by atoms with Gasteiger partial charge < -0.3 is 10.1 Å². The van der Waals surface area contributed by atoms with E-state index in [0.717, 1.165) is 0 Å². The Bertz CT molecular complexity index is 284. The van der Waals surface area contributed by atoms with Gasteiger partial charge in [0.05, 0.1) is 13.5 Å². The summed E-state index contributed by atoms with van der Waals surface area (Å²) in [6.07, 6.45) is 0.295. The third-order valence-corrected chi connectivity index (χ3v) is 1.46. The minimum atomic E-state index is -0.261. The Labute approximate surface area is 75.1 Å². The number of carbonyl (C=O) groups is 1. The lowest BCUT2D eigenvalue weighted by atomic mass is 10.4. The topological polar surface area (TPSA) is 81.9 Å². The van der Waals surface area contributed by atoms with Gasteiger partial charge in [0.25, 0.3) is 0 Å². The van der Waals surface area contributed by atoms with Gasteiger partial charge in [0, 0.05) is 13.6 Å². The summed E-state index contributed by atoms with van der Waals surface area (Å²) in [5.41, 5.74) is 0. The molecule has 0 aromatic carbocycles. The fraction of sp³-hybridized carbons (Fsp3) is 0.667. The van der Waals surface area contributed by atoms with Crippen LogP contribution in [0, 0.1) is 0 Å². The van der Waals surface area contributed by atoms with Crippen LogP contribution >= 0.6 is 0 Å². The van der Waals surface area contributed by atoms with Crippen LogP contribution in [0.4, 0.5) is 5.95 Å². The number of methoxy groups -OCH3 is 1. The summed E-state index contributed by atoms with van der Waals surface area (Å²) < 4.78 is 5.95. The molecule has 1 rings (SSSR count). The number of nitrogens with one attached hydrogen (secondary N) is 1. The van der Waals surface area contributed by atoms with Crippen LogP contribution in [0.2, 0.25) is 0 Å². The Morgan fingerprint density at radius 1 is 1.69 bits per heavy atom. The molecule has 1 aromatic rings. The summed E-state index contributed by atoms with van der Waals surface area (Å²) in [4.78, 5) is 10.7. The maximum Gasteiger partial charge on any atom is 0.307 e. The lowest BCUT2D eigenvalue weighted by molar-refractivity contribution is -0.140. The monoisotopic (exact) mass is 185 g/mol. The second kappa shape index (κ2) is 4.39. The van der Waals surface area contributed by atoms with Gasteiger partial charge >= 0.3 is 5.97 Å². The smallest absolute Gasteiger partial charge is 0.307 e. The Hall–Kier alpha value is -1.66. The molecule has 1 heterocycles. The Balaban J connectivity index is 2.28. The number of anilines is 1. The number of aryl methyl sites for hydroxylation is 1. The largest absolute Gasteiger partial charge is 0.469 e. The van der Waals surface area contributed by atoms with Gasteiger partial charge in [0.1, 0.15) is 0 Å². The van der Waals surface area contributed by atoms with Crippen molar-refractivity contribution in [2.24, 2.45) is 7.05 Å². The summed E-state index contributed by atoms with van der Waals surface area (Å²) in [6.45, 7) is 0.459. The van der Waals surface area contributed by atoms with E-state index in [-0.39, 0.29) is 5.97 Å². The highest BCUT2D eigenvalue weighted by molar-refractivity contribution is 5.69. The molecule has 0 saturated carbocycles. The molecule has 13 heavy (non-hydrogen) atoms. The van der Waals surface area contributed by atoms with Crippen molar-refractivity contribution < 1.29 is 9.53 Å². The van der Waals surface area contributed by atoms with E-state index in [1.807, 2.05) is 0 Å². The van der Waals surface area contributed by atoms with E-state index in [1.165, 1.54) is 11.8 Å². The Kier molecular flexibility index (Phi) is 3.18. The van der Waals surface area contributed by atoms with Crippen molar-refractivity contribution in [2.75, 3.05) is 19.0 Å². The zero-order valence-electron chi connectivity index (χ0n) is 7.52. The van der Waals surface area contributed by atoms with Crippen molar-refractivity contribution in [3.8, 4) is 0 Å². The number of nitrogens with zero attached hydrogens (tertiary/aromatic N) is 4. The predicted molar refractivity (Wildman–Crippen MR) is 43.9 cm³/mol. The average Bonchev–Trinajstić information content (AvgIpc) is 2.52. The predicted octanol–water partition coefficient (Wildman–Crippen LogP) is -0.815. The molecular formula is C6H11N5O2. The molecule has 0 amide bonds. The van der Waals surface area contributed by atoms with Gasteiger partial charge in [-0.1, -0.05) is 5.10 Å². The standard InChI is InChI=1S/C6H11N5O2/c1-11-6(8-9-10-11)7-4-3-5(12)13-2/h3-4H2,1-2H3,(H,7,8,10). The molecule has 0 fully saturated rings.